The molecule has 0 radical (unpaired) electrons. The van der Waals surface area contributed by atoms with Crippen molar-refractivity contribution in [2.45, 2.75) is 38.8 Å². The van der Waals surface area contributed by atoms with E-state index >= 15 is 0 Å². The topological polar surface area (TPSA) is 84.2 Å². The number of amides is 1. The first-order valence-corrected chi connectivity index (χ1v) is 7.44. The fraction of sp³-hybridized carbons (Fsp3) is 0.353. The van der Waals surface area contributed by atoms with Crippen LogP contribution in [0.4, 0.5) is 0 Å². The van der Waals surface area contributed by atoms with Gasteiger partial charge in [0.05, 0.1) is 5.54 Å². The van der Waals surface area contributed by atoms with E-state index < -0.39 is 0 Å². The van der Waals surface area contributed by atoms with E-state index in [4.69, 9.17) is 9.90 Å². The first-order valence-electron chi connectivity index (χ1n) is 7.44. The quantitative estimate of drug-likeness (QED) is 0.845. The van der Waals surface area contributed by atoms with Crippen LogP contribution in [0, 0.1) is 13.8 Å². The van der Waals surface area contributed by atoms with E-state index in [-0.39, 0.29) is 17.9 Å². The monoisotopic (exact) mass is 315 g/mol. The van der Waals surface area contributed by atoms with Crippen LogP contribution in [0.1, 0.15) is 29.8 Å². The zero-order chi connectivity index (χ0) is 16.9. The minimum Gasteiger partial charge on any atom is -0.483 e. The number of rotatable bonds is 4. The summed E-state index contributed by atoms with van der Waals surface area (Å²) in [4.78, 5) is 24.7. The summed E-state index contributed by atoms with van der Waals surface area (Å²) in [7, 11) is 0. The standard InChI is InChI=1S/C16H19N3O.CH2O2/c1-12-4-3-5-14(10-12)16(6-7-16)18-15(20)11-19-9-8-17-13(19)2;2-1-3/h3-5,8-10H,6-7,11H2,1-2H3,(H,18,20);1H,(H,2,3). The Balaban J connectivity index is 0.000000595. The third-order valence-electron chi connectivity index (χ3n) is 3.94. The van der Waals surface area contributed by atoms with Crippen molar-refractivity contribution >= 4 is 12.4 Å². The molecule has 0 saturated heterocycles. The average Bonchev–Trinajstić information content (AvgIpc) is 3.17. The second-order valence-corrected chi connectivity index (χ2v) is 5.71. The predicted molar refractivity (Wildman–Crippen MR) is 85.9 cm³/mol. The molecule has 1 amide bonds. The summed E-state index contributed by atoms with van der Waals surface area (Å²) in [6.07, 6.45) is 5.59. The molecule has 0 bridgehead atoms. The molecule has 122 valence electrons. The fourth-order valence-electron chi connectivity index (χ4n) is 2.59. The predicted octanol–water partition coefficient (Wildman–Crippen LogP) is 2.01. The molecule has 1 fully saturated rings. The number of carbonyl (C=O) groups excluding carboxylic acids is 1. The van der Waals surface area contributed by atoms with E-state index in [0.717, 1.165) is 18.7 Å². The van der Waals surface area contributed by atoms with E-state index in [2.05, 4.69) is 41.5 Å². The smallest absolute Gasteiger partial charge is 0.290 e. The molecule has 0 atom stereocenters. The molecule has 6 heteroatoms. The Morgan fingerprint density at radius 3 is 2.65 bits per heavy atom. The maximum atomic E-state index is 12.2. The Hall–Kier alpha value is -2.63. The van der Waals surface area contributed by atoms with Gasteiger partial charge in [-0.1, -0.05) is 29.8 Å². The van der Waals surface area contributed by atoms with Crippen LogP contribution in [-0.4, -0.2) is 27.0 Å². The normalized spacial score (nSPS) is 14.3. The molecular weight excluding hydrogens is 294 g/mol. The van der Waals surface area contributed by atoms with Crippen molar-refractivity contribution in [3.8, 4) is 0 Å². The van der Waals surface area contributed by atoms with Gasteiger partial charge < -0.3 is 15.0 Å². The van der Waals surface area contributed by atoms with Gasteiger partial charge in [0.25, 0.3) is 6.47 Å². The van der Waals surface area contributed by atoms with Gasteiger partial charge >= 0.3 is 0 Å². The van der Waals surface area contributed by atoms with Gasteiger partial charge in [-0.15, -0.1) is 0 Å². The SMILES string of the molecule is Cc1cccc(C2(NC(=O)Cn3ccnc3C)CC2)c1.O=CO. The molecule has 1 aliphatic carbocycles. The third-order valence-corrected chi connectivity index (χ3v) is 3.94. The van der Waals surface area contributed by atoms with Crippen LogP contribution in [0.25, 0.3) is 0 Å². The van der Waals surface area contributed by atoms with Crippen LogP contribution in [0.2, 0.25) is 0 Å². The molecule has 3 rings (SSSR count). The minimum atomic E-state index is -0.250. The number of aryl methyl sites for hydroxylation is 2. The number of carboxylic acid groups (broad SMARTS) is 1. The van der Waals surface area contributed by atoms with Gasteiger partial charge in [-0.3, -0.25) is 9.59 Å². The summed E-state index contributed by atoms with van der Waals surface area (Å²) in [5.41, 5.74) is 2.30. The molecule has 0 unspecified atom stereocenters. The molecule has 1 aliphatic rings. The Morgan fingerprint density at radius 2 is 2.13 bits per heavy atom. The summed E-state index contributed by atoms with van der Waals surface area (Å²) in [5.74, 6) is 0.908. The Labute approximate surface area is 135 Å². The summed E-state index contributed by atoms with van der Waals surface area (Å²) < 4.78 is 1.86. The maximum absolute atomic E-state index is 12.2. The molecule has 1 heterocycles. The van der Waals surface area contributed by atoms with Crippen LogP contribution in [0.5, 0.6) is 0 Å². The lowest BCUT2D eigenvalue weighted by molar-refractivity contribution is -0.123. The van der Waals surface area contributed by atoms with Crippen molar-refractivity contribution < 1.29 is 14.7 Å². The van der Waals surface area contributed by atoms with Crippen molar-refractivity contribution in [1.82, 2.24) is 14.9 Å². The van der Waals surface area contributed by atoms with Gasteiger partial charge in [-0.25, -0.2) is 4.98 Å². The summed E-state index contributed by atoms with van der Waals surface area (Å²) in [5, 5.41) is 10.1. The Bertz CT molecular complexity index is 690. The number of nitrogens with one attached hydrogen (secondary N) is 1. The number of aromatic nitrogens is 2. The van der Waals surface area contributed by atoms with Crippen LogP contribution >= 0.6 is 0 Å². The molecule has 2 N–H and O–H groups in total. The second-order valence-electron chi connectivity index (χ2n) is 5.71. The number of benzene rings is 1. The molecule has 0 aliphatic heterocycles. The number of nitrogens with zero attached hydrogens (tertiary/aromatic N) is 2. The first-order chi connectivity index (χ1) is 11.0. The van der Waals surface area contributed by atoms with E-state index in [1.165, 1.54) is 11.1 Å². The van der Waals surface area contributed by atoms with Gasteiger partial charge in [0.1, 0.15) is 12.4 Å². The molecule has 2 aromatic rings. The molecule has 1 aromatic heterocycles. The van der Waals surface area contributed by atoms with Gasteiger partial charge in [0.15, 0.2) is 0 Å². The van der Waals surface area contributed by atoms with Crippen molar-refractivity contribution in [3.63, 3.8) is 0 Å². The van der Waals surface area contributed by atoms with Crippen molar-refractivity contribution in [2.75, 3.05) is 0 Å². The highest BCUT2D eigenvalue weighted by atomic mass is 16.3. The fourth-order valence-corrected chi connectivity index (χ4v) is 2.59. The number of hydrogen-bond acceptors (Lipinski definition) is 3. The number of hydrogen-bond donors (Lipinski definition) is 2. The molecule has 23 heavy (non-hydrogen) atoms. The molecule has 1 aromatic carbocycles. The Morgan fingerprint density at radius 1 is 1.43 bits per heavy atom. The van der Waals surface area contributed by atoms with E-state index in [9.17, 15) is 4.79 Å². The average molecular weight is 315 g/mol. The second kappa shape index (κ2) is 7.09. The van der Waals surface area contributed by atoms with E-state index in [0.29, 0.717) is 6.54 Å². The van der Waals surface area contributed by atoms with Crippen molar-refractivity contribution in [1.29, 1.82) is 0 Å². The summed E-state index contributed by atoms with van der Waals surface area (Å²) >= 11 is 0. The van der Waals surface area contributed by atoms with Gasteiger partial charge in [0, 0.05) is 12.4 Å². The van der Waals surface area contributed by atoms with Crippen LogP contribution in [-0.2, 0) is 21.7 Å². The lowest BCUT2D eigenvalue weighted by atomic mass is 10.0. The highest BCUT2D eigenvalue weighted by molar-refractivity contribution is 5.77. The van der Waals surface area contributed by atoms with Crippen LogP contribution in [0.3, 0.4) is 0 Å². The van der Waals surface area contributed by atoms with Crippen molar-refractivity contribution in [2.24, 2.45) is 0 Å². The molecule has 1 saturated carbocycles. The van der Waals surface area contributed by atoms with Crippen molar-refractivity contribution in [3.05, 3.63) is 53.6 Å². The largest absolute Gasteiger partial charge is 0.483 e. The Kier molecular flexibility index (Phi) is 5.16. The van der Waals surface area contributed by atoms with Crippen LogP contribution in [0.15, 0.2) is 36.7 Å². The lowest BCUT2D eigenvalue weighted by Gasteiger charge is -2.19. The van der Waals surface area contributed by atoms with Gasteiger partial charge in [-0.05, 0) is 32.3 Å². The van der Waals surface area contributed by atoms with E-state index in [1.54, 1.807) is 6.20 Å². The number of carbonyl (C=O) groups is 2. The first kappa shape index (κ1) is 16.7. The van der Waals surface area contributed by atoms with E-state index in [1.807, 2.05) is 17.7 Å². The molecule has 0 spiro atoms. The highest BCUT2D eigenvalue weighted by Crippen LogP contribution is 2.45. The van der Waals surface area contributed by atoms with Gasteiger partial charge in [-0.2, -0.15) is 0 Å². The highest BCUT2D eigenvalue weighted by Gasteiger charge is 2.45. The van der Waals surface area contributed by atoms with Crippen LogP contribution < -0.4 is 5.32 Å². The third kappa shape index (κ3) is 4.18. The minimum absolute atomic E-state index is 0.0464. The number of imidazole rings is 1. The summed E-state index contributed by atoms with van der Waals surface area (Å²) in [6, 6.07) is 8.39. The summed E-state index contributed by atoms with van der Waals surface area (Å²) in [6.45, 7) is 4.07. The molecule has 6 nitrogen and oxygen atoms in total. The maximum Gasteiger partial charge on any atom is 0.290 e. The molecular formula is C17H21N3O3. The lowest BCUT2D eigenvalue weighted by Crippen LogP contribution is -2.37. The zero-order valence-corrected chi connectivity index (χ0v) is 13.3. The van der Waals surface area contributed by atoms with Gasteiger partial charge in [0.2, 0.25) is 5.91 Å². The zero-order valence-electron chi connectivity index (χ0n) is 13.3.